The first-order valence-electron chi connectivity index (χ1n) is 10.0. The van der Waals surface area contributed by atoms with Gasteiger partial charge in [0.25, 0.3) is 0 Å². The summed E-state index contributed by atoms with van der Waals surface area (Å²) in [5.41, 5.74) is 1.22. The summed E-state index contributed by atoms with van der Waals surface area (Å²) >= 11 is 0. The van der Waals surface area contributed by atoms with Gasteiger partial charge in [0.15, 0.2) is 5.96 Å². The van der Waals surface area contributed by atoms with Crippen molar-refractivity contribution >= 4 is 11.8 Å². The standard InChI is InChI=1S/C22H32N6O/c1-23-22(28-14-12-27(13-15-28)21-10-5-6-11-24-21)25-17-20(26(2)3)18-8-7-9-19(16-18)29-4/h5-11,16,20H,12-15,17H2,1-4H3,(H,23,25). The van der Waals surface area contributed by atoms with Crippen LogP contribution in [0.4, 0.5) is 5.82 Å². The van der Waals surface area contributed by atoms with E-state index in [0.29, 0.717) is 0 Å². The summed E-state index contributed by atoms with van der Waals surface area (Å²) in [6.07, 6.45) is 1.85. The molecule has 1 unspecified atom stereocenters. The number of rotatable bonds is 6. The molecule has 3 rings (SSSR count). The zero-order valence-electron chi connectivity index (χ0n) is 17.9. The molecule has 0 saturated carbocycles. The maximum Gasteiger partial charge on any atom is 0.193 e. The van der Waals surface area contributed by atoms with Crippen LogP contribution in [0, 0.1) is 0 Å². The Morgan fingerprint density at radius 3 is 2.59 bits per heavy atom. The van der Waals surface area contributed by atoms with E-state index in [-0.39, 0.29) is 6.04 Å². The van der Waals surface area contributed by atoms with Crippen LogP contribution in [0.2, 0.25) is 0 Å². The second-order valence-corrected chi connectivity index (χ2v) is 7.35. The molecular weight excluding hydrogens is 364 g/mol. The van der Waals surface area contributed by atoms with Crippen LogP contribution in [0.25, 0.3) is 0 Å². The molecule has 0 spiro atoms. The van der Waals surface area contributed by atoms with E-state index in [9.17, 15) is 0 Å². The lowest BCUT2D eigenvalue weighted by molar-refractivity contribution is 0.291. The fourth-order valence-corrected chi connectivity index (χ4v) is 3.66. The SMILES string of the molecule is CN=C(NCC(c1cccc(OC)c1)N(C)C)N1CCN(c2ccccn2)CC1. The van der Waals surface area contributed by atoms with Crippen molar-refractivity contribution in [2.45, 2.75) is 6.04 Å². The number of anilines is 1. The van der Waals surface area contributed by atoms with Gasteiger partial charge in [0.2, 0.25) is 0 Å². The smallest absolute Gasteiger partial charge is 0.193 e. The number of methoxy groups -OCH3 is 1. The lowest BCUT2D eigenvalue weighted by Crippen LogP contribution is -2.53. The van der Waals surface area contributed by atoms with E-state index in [1.54, 1.807) is 7.11 Å². The molecule has 1 N–H and O–H groups in total. The number of benzene rings is 1. The van der Waals surface area contributed by atoms with Gasteiger partial charge in [-0.05, 0) is 43.9 Å². The van der Waals surface area contributed by atoms with Crippen LogP contribution >= 0.6 is 0 Å². The maximum atomic E-state index is 5.39. The highest BCUT2D eigenvalue weighted by molar-refractivity contribution is 5.80. The van der Waals surface area contributed by atoms with Crippen molar-refractivity contribution in [2.24, 2.45) is 4.99 Å². The number of piperazine rings is 1. The molecule has 2 heterocycles. The van der Waals surface area contributed by atoms with Crippen LogP contribution in [0.15, 0.2) is 53.7 Å². The quantitative estimate of drug-likeness (QED) is 0.596. The topological polar surface area (TPSA) is 56.2 Å². The highest BCUT2D eigenvalue weighted by Gasteiger charge is 2.22. The van der Waals surface area contributed by atoms with Gasteiger partial charge in [-0.3, -0.25) is 4.99 Å². The van der Waals surface area contributed by atoms with E-state index in [0.717, 1.165) is 50.3 Å². The van der Waals surface area contributed by atoms with Gasteiger partial charge >= 0.3 is 0 Å². The molecule has 0 radical (unpaired) electrons. The number of likely N-dealkylation sites (N-methyl/N-ethyl adjacent to an activating group) is 1. The molecule has 0 aliphatic carbocycles. The Labute approximate surface area is 174 Å². The molecule has 7 nitrogen and oxygen atoms in total. The summed E-state index contributed by atoms with van der Waals surface area (Å²) in [7, 11) is 7.75. The normalized spacial score (nSPS) is 16.1. The average Bonchev–Trinajstić information content (AvgIpc) is 2.77. The fraction of sp³-hybridized carbons (Fsp3) is 0.455. The lowest BCUT2D eigenvalue weighted by Gasteiger charge is -2.37. The first-order chi connectivity index (χ1) is 14.1. The first kappa shape index (κ1) is 20.9. The minimum Gasteiger partial charge on any atom is -0.497 e. The average molecular weight is 397 g/mol. The third-order valence-corrected chi connectivity index (χ3v) is 5.32. The first-order valence-corrected chi connectivity index (χ1v) is 10.0. The predicted octanol–water partition coefficient (Wildman–Crippen LogP) is 2.09. The lowest BCUT2D eigenvalue weighted by atomic mass is 10.1. The number of nitrogens with one attached hydrogen (secondary N) is 1. The molecule has 0 amide bonds. The van der Waals surface area contributed by atoms with Crippen molar-refractivity contribution in [3.05, 3.63) is 54.2 Å². The Kier molecular flexibility index (Phi) is 7.30. The van der Waals surface area contributed by atoms with Gasteiger partial charge < -0.3 is 24.8 Å². The van der Waals surface area contributed by atoms with Crippen LogP contribution in [-0.4, -0.2) is 81.7 Å². The molecule has 1 atom stereocenters. The van der Waals surface area contributed by atoms with Gasteiger partial charge in [-0.15, -0.1) is 0 Å². The summed E-state index contributed by atoms with van der Waals surface area (Å²) in [5, 5.41) is 3.57. The number of ether oxygens (including phenoxy) is 1. The van der Waals surface area contributed by atoms with Gasteiger partial charge in [0.05, 0.1) is 13.2 Å². The summed E-state index contributed by atoms with van der Waals surface area (Å²) in [4.78, 5) is 15.8. The van der Waals surface area contributed by atoms with Crippen molar-refractivity contribution in [3.8, 4) is 5.75 Å². The largest absolute Gasteiger partial charge is 0.497 e. The number of nitrogens with zero attached hydrogens (tertiary/aromatic N) is 5. The summed E-state index contributed by atoms with van der Waals surface area (Å²) in [6.45, 7) is 4.48. The summed E-state index contributed by atoms with van der Waals surface area (Å²) in [6, 6.07) is 14.5. The Morgan fingerprint density at radius 2 is 1.97 bits per heavy atom. The van der Waals surface area contributed by atoms with Gasteiger partial charge in [-0.2, -0.15) is 0 Å². The third-order valence-electron chi connectivity index (χ3n) is 5.32. The minimum atomic E-state index is 0.219. The van der Waals surface area contributed by atoms with Crippen molar-refractivity contribution in [3.63, 3.8) is 0 Å². The van der Waals surface area contributed by atoms with Crippen molar-refractivity contribution < 1.29 is 4.74 Å². The van der Waals surface area contributed by atoms with Crippen LogP contribution < -0.4 is 15.0 Å². The van der Waals surface area contributed by atoms with Crippen molar-refractivity contribution in [1.29, 1.82) is 0 Å². The molecule has 29 heavy (non-hydrogen) atoms. The van der Waals surface area contributed by atoms with Crippen LogP contribution in [0.3, 0.4) is 0 Å². The number of aliphatic imine (C=N–C) groups is 1. The zero-order chi connectivity index (χ0) is 20.6. The Morgan fingerprint density at radius 1 is 1.17 bits per heavy atom. The van der Waals surface area contributed by atoms with E-state index in [1.165, 1.54) is 5.56 Å². The molecule has 1 aromatic heterocycles. The van der Waals surface area contributed by atoms with Crippen molar-refractivity contribution in [2.75, 3.05) is 65.9 Å². The van der Waals surface area contributed by atoms with Crippen LogP contribution in [0.5, 0.6) is 5.75 Å². The second kappa shape index (κ2) is 10.1. The van der Waals surface area contributed by atoms with Crippen LogP contribution in [-0.2, 0) is 0 Å². The molecule has 156 valence electrons. The molecule has 1 saturated heterocycles. The fourth-order valence-electron chi connectivity index (χ4n) is 3.66. The number of hydrogen-bond acceptors (Lipinski definition) is 5. The zero-order valence-corrected chi connectivity index (χ0v) is 17.9. The third kappa shape index (κ3) is 5.38. The number of hydrogen-bond donors (Lipinski definition) is 1. The summed E-state index contributed by atoms with van der Waals surface area (Å²) < 4.78 is 5.39. The second-order valence-electron chi connectivity index (χ2n) is 7.35. The van der Waals surface area contributed by atoms with E-state index in [1.807, 2.05) is 37.5 Å². The van der Waals surface area contributed by atoms with Gasteiger partial charge in [0, 0.05) is 46.0 Å². The molecule has 1 fully saturated rings. The molecule has 7 heteroatoms. The number of guanidine groups is 1. The Hall–Kier alpha value is -2.80. The van der Waals surface area contributed by atoms with Gasteiger partial charge in [-0.1, -0.05) is 18.2 Å². The molecule has 0 bridgehead atoms. The molecular formula is C22H32N6O. The maximum absolute atomic E-state index is 5.39. The number of pyridine rings is 1. The van der Waals surface area contributed by atoms with Crippen LogP contribution in [0.1, 0.15) is 11.6 Å². The Balaban J connectivity index is 1.59. The highest BCUT2D eigenvalue weighted by Crippen LogP contribution is 2.22. The van der Waals surface area contributed by atoms with E-state index < -0.39 is 0 Å². The van der Waals surface area contributed by atoms with Gasteiger partial charge in [-0.25, -0.2) is 4.98 Å². The van der Waals surface area contributed by atoms with E-state index in [2.05, 4.69) is 62.3 Å². The minimum absolute atomic E-state index is 0.219. The van der Waals surface area contributed by atoms with Gasteiger partial charge in [0.1, 0.15) is 11.6 Å². The Bertz CT molecular complexity index is 787. The highest BCUT2D eigenvalue weighted by atomic mass is 16.5. The molecule has 2 aromatic rings. The molecule has 1 aromatic carbocycles. The van der Waals surface area contributed by atoms with Crippen molar-refractivity contribution in [1.82, 2.24) is 20.1 Å². The predicted molar refractivity (Wildman–Crippen MR) is 119 cm³/mol. The number of aromatic nitrogens is 1. The molecule has 1 aliphatic rings. The molecule has 1 aliphatic heterocycles. The van der Waals surface area contributed by atoms with E-state index in [4.69, 9.17) is 4.74 Å². The van der Waals surface area contributed by atoms with E-state index >= 15 is 0 Å². The monoisotopic (exact) mass is 396 g/mol. The summed E-state index contributed by atoms with van der Waals surface area (Å²) in [5.74, 6) is 2.87.